The number of imide groups is 1. The van der Waals surface area contributed by atoms with Crippen LogP contribution in [0.15, 0.2) is 12.3 Å². The molecule has 0 aromatic rings. The van der Waals surface area contributed by atoms with Crippen molar-refractivity contribution in [1.29, 1.82) is 0 Å². The summed E-state index contributed by atoms with van der Waals surface area (Å²) in [6.45, 7) is 2.06. The normalized spacial score (nSPS) is 19.6. The zero-order chi connectivity index (χ0) is 10.6. The van der Waals surface area contributed by atoms with E-state index in [0.717, 1.165) is 24.2 Å². The Labute approximate surface area is 79.8 Å². The predicted octanol–water partition coefficient (Wildman–Crippen LogP) is 1.84. The summed E-state index contributed by atoms with van der Waals surface area (Å²) in [5.74, 6) is -0.486. The Morgan fingerprint density at radius 1 is 1.46 bits per heavy atom. The van der Waals surface area contributed by atoms with Gasteiger partial charge in [-0.1, -0.05) is 25.8 Å². The summed E-state index contributed by atoms with van der Waals surface area (Å²) in [5, 5.41) is 0. The number of hydrogen-bond donors (Lipinski definition) is 0. The fourth-order valence-electron chi connectivity index (χ4n) is 1.18. The maximum Gasteiger partial charge on any atom is 0.233 e. The third kappa shape index (κ3) is 2.68. The van der Waals surface area contributed by atoms with E-state index in [2.05, 4.69) is 6.92 Å². The van der Waals surface area contributed by atoms with Gasteiger partial charge in [0.15, 0.2) is 0 Å². The van der Waals surface area contributed by atoms with E-state index in [0.29, 0.717) is 0 Å². The number of nitrogens with zero attached hydrogens (tertiary/aromatic N) is 1. The molecule has 3 heteroatoms. The Morgan fingerprint density at radius 3 is 2.62 bits per heavy atom. The summed E-state index contributed by atoms with van der Waals surface area (Å²) in [4.78, 5) is 23.4. The van der Waals surface area contributed by atoms with Crippen LogP contribution in [0.4, 0.5) is 0 Å². The lowest BCUT2D eigenvalue weighted by atomic mass is 10.2. The number of carbonyl (C=O) groups is 2. The van der Waals surface area contributed by atoms with Crippen LogP contribution in [0.1, 0.15) is 40.4 Å². The Balaban J connectivity index is 2.58. The lowest BCUT2D eigenvalue weighted by Crippen LogP contribution is -2.22. The summed E-state index contributed by atoms with van der Waals surface area (Å²) in [7, 11) is 0. The first kappa shape index (κ1) is 8.48. The van der Waals surface area contributed by atoms with Crippen LogP contribution >= 0.6 is 0 Å². The minimum Gasteiger partial charge on any atom is -0.274 e. The van der Waals surface area contributed by atoms with Crippen molar-refractivity contribution >= 4 is 11.8 Å². The van der Waals surface area contributed by atoms with Gasteiger partial charge >= 0.3 is 0 Å². The summed E-state index contributed by atoms with van der Waals surface area (Å²) >= 11 is 0. The van der Waals surface area contributed by atoms with E-state index in [-0.39, 0.29) is 30.8 Å². The number of amides is 2. The fraction of sp³-hybridized carbons (Fsp3) is 0.600. The zero-order valence-electron chi connectivity index (χ0n) is 8.88. The van der Waals surface area contributed by atoms with Gasteiger partial charge in [0.25, 0.3) is 0 Å². The van der Waals surface area contributed by atoms with Crippen LogP contribution in [0.25, 0.3) is 0 Å². The lowest BCUT2D eigenvalue weighted by molar-refractivity contribution is -0.135. The Kier molecular flexibility index (Phi) is 3.13. The van der Waals surface area contributed by atoms with Gasteiger partial charge in [-0.05, 0) is 6.42 Å². The van der Waals surface area contributed by atoms with Gasteiger partial charge in [-0.25, -0.2) is 0 Å². The quantitative estimate of drug-likeness (QED) is 0.491. The highest BCUT2D eigenvalue weighted by Gasteiger charge is 2.26. The van der Waals surface area contributed by atoms with E-state index in [4.69, 9.17) is 1.37 Å². The van der Waals surface area contributed by atoms with Crippen LogP contribution in [0.2, 0.25) is 0 Å². The molecule has 1 rings (SSSR count). The van der Waals surface area contributed by atoms with Crippen molar-refractivity contribution in [3.8, 4) is 0 Å². The van der Waals surface area contributed by atoms with Crippen molar-refractivity contribution < 1.29 is 11.0 Å². The number of allylic oxidation sites excluding steroid dienone is 1. The second-order valence-electron chi connectivity index (χ2n) is 3.10. The van der Waals surface area contributed by atoms with Gasteiger partial charge in [-0.3, -0.25) is 14.5 Å². The summed E-state index contributed by atoms with van der Waals surface area (Å²) in [5.41, 5.74) is 0. The van der Waals surface area contributed by atoms with Gasteiger partial charge in [0.1, 0.15) is 0 Å². The van der Waals surface area contributed by atoms with E-state index >= 15 is 0 Å². The topological polar surface area (TPSA) is 37.4 Å². The Morgan fingerprint density at radius 2 is 2.08 bits per heavy atom. The fourth-order valence-corrected chi connectivity index (χ4v) is 1.18. The minimum atomic E-state index is -0.243. The molecule has 0 atom stereocenters. The molecule has 0 aliphatic carbocycles. The molecule has 0 radical (unpaired) electrons. The van der Waals surface area contributed by atoms with E-state index in [1.807, 2.05) is 0 Å². The molecule has 0 aromatic carbocycles. The molecule has 3 nitrogen and oxygen atoms in total. The van der Waals surface area contributed by atoms with E-state index < -0.39 is 0 Å². The number of rotatable bonds is 4. The van der Waals surface area contributed by atoms with Crippen molar-refractivity contribution in [3.05, 3.63) is 12.3 Å². The van der Waals surface area contributed by atoms with Crippen LogP contribution in [0.3, 0.4) is 0 Å². The van der Waals surface area contributed by atoms with Crippen molar-refractivity contribution in [3.63, 3.8) is 0 Å². The molecule has 0 bridgehead atoms. The molecular formula is C10H15NO2. The number of carbonyl (C=O) groups excluding carboxylic acids is 2. The monoisotopic (exact) mass is 182 g/mol. The highest BCUT2D eigenvalue weighted by molar-refractivity contribution is 6.02. The summed E-state index contributed by atoms with van der Waals surface area (Å²) in [6.07, 6.45) is 4.98. The van der Waals surface area contributed by atoms with E-state index in [1.165, 1.54) is 0 Å². The third-order valence-corrected chi connectivity index (χ3v) is 1.97. The second kappa shape index (κ2) is 4.80. The van der Waals surface area contributed by atoms with Crippen LogP contribution in [-0.2, 0) is 9.59 Å². The van der Waals surface area contributed by atoms with Crippen molar-refractivity contribution in [2.75, 3.05) is 0 Å². The van der Waals surface area contributed by atoms with Gasteiger partial charge in [0.2, 0.25) is 11.8 Å². The van der Waals surface area contributed by atoms with Gasteiger partial charge in [0, 0.05) is 19.0 Å². The Hall–Kier alpha value is -1.12. The first-order chi connectivity index (χ1) is 6.66. The average Bonchev–Trinajstić information content (AvgIpc) is 2.46. The second-order valence-corrected chi connectivity index (χ2v) is 3.10. The number of likely N-dealkylation sites (tertiary alicyclic amines) is 1. The molecule has 2 amide bonds. The van der Waals surface area contributed by atoms with Crippen LogP contribution in [0.5, 0.6) is 0 Å². The van der Waals surface area contributed by atoms with Crippen LogP contribution in [-0.4, -0.2) is 16.7 Å². The molecule has 1 aliphatic rings. The van der Waals surface area contributed by atoms with Gasteiger partial charge in [0.05, 0.1) is 1.37 Å². The molecule has 0 unspecified atom stereocenters. The van der Waals surface area contributed by atoms with Crippen LogP contribution < -0.4 is 0 Å². The molecule has 0 spiro atoms. The minimum absolute atomic E-state index is 0.0472. The molecule has 1 heterocycles. The standard InChI is InChI=1S/C10H15NO2/c1-2-3-4-5-8-11-9(12)6-7-10(11)13/h5,8H,2-4,6-7H2,1H3/b8-5-/i8D. The molecule has 0 N–H and O–H groups in total. The van der Waals surface area contributed by atoms with Crippen molar-refractivity contribution in [1.82, 2.24) is 4.90 Å². The smallest absolute Gasteiger partial charge is 0.233 e. The molecule has 1 aliphatic heterocycles. The van der Waals surface area contributed by atoms with E-state index in [9.17, 15) is 9.59 Å². The molecule has 1 saturated heterocycles. The van der Waals surface area contributed by atoms with E-state index in [1.54, 1.807) is 6.08 Å². The first-order valence-electron chi connectivity index (χ1n) is 5.19. The largest absolute Gasteiger partial charge is 0.274 e. The van der Waals surface area contributed by atoms with Crippen molar-refractivity contribution in [2.45, 2.75) is 39.0 Å². The van der Waals surface area contributed by atoms with Gasteiger partial charge < -0.3 is 0 Å². The highest BCUT2D eigenvalue weighted by Crippen LogP contribution is 2.12. The molecule has 1 fully saturated rings. The highest BCUT2D eigenvalue weighted by atomic mass is 16.2. The average molecular weight is 182 g/mol. The molecule has 72 valence electrons. The molecule has 0 aromatic heterocycles. The third-order valence-electron chi connectivity index (χ3n) is 1.97. The Bertz CT molecular complexity index is 257. The first-order valence-corrected chi connectivity index (χ1v) is 4.69. The molecular weight excluding hydrogens is 166 g/mol. The number of unbranched alkanes of at least 4 members (excludes halogenated alkanes) is 2. The number of hydrogen-bond acceptors (Lipinski definition) is 2. The predicted molar refractivity (Wildman–Crippen MR) is 49.8 cm³/mol. The van der Waals surface area contributed by atoms with Gasteiger partial charge in [-0.2, -0.15) is 0 Å². The zero-order valence-corrected chi connectivity index (χ0v) is 7.88. The molecule has 13 heavy (non-hydrogen) atoms. The van der Waals surface area contributed by atoms with Crippen LogP contribution in [0, 0.1) is 0 Å². The van der Waals surface area contributed by atoms with Crippen molar-refractivity contribution in [2.24, 2.45) is 0 Å². The van der Waals surface area contributed by atoms with Gasteiger partial charge in [-0.15, -0.1) is 0 Å². The maximum absolute atomic E-state index is 11.2. The summed E-state index contributed by atoms with van der Waals surface area (Å²) < 4.78 is 7.55. The SMILES string of the molecule is [2H]/C(=C/CCCC)N1C(=O)CCC1=O. The lowest BCUT2D eigenvalue weighted by Gasteiger charge is -2.05. The molecule has 0 saturated carbocycles. The summed E-state index contributed by atoms with van der Waals surface area (Å²) in [6, 6.07) is 0. The maximum atomic E-state index is 11.2.